The maximum absolute atomic E-state index is 14.8. The normalized spacial score (nSPS) is 16.1. The number of amides is 1. The third-order valence-corrected chi connectivity index (χ3v) is 5.33. The summed E-state index contributed by atoms with van der Waals surface area (Å²) in [5.41, 5.74) is 2.65. The molecule has 0 fully saturated rings. The number of imidazole rings is 1. The predicted octanol–water partition coefficient (Wildman–Crippen LogP) is 3.77. The second kappa shape index (κ2) is 5.94. The van der Waals surface area contributed by atoms with E-state index in [4.69, 9.17) is 0 Å². The van der Waals surface area contributed by atoms with Crippen molar-refractivity contribution in [3.05, 3.63) is 76.6 Å². The smallest absolute Gasteiger partial charge is 0.280 e. The van der Waals surface area contributed by atoms with Crippen LogP contribution in [0.2, 0.25) is 0 Å². The minimum Gasteiger partial charge on any atom is -0.345 e. The summed E-state index contributed by atoms with van der Waals surface area (Å²) < 4.78 is 44.3. The fourth-order valence-corrected chi connectivity index (χ4v) is 3.88. The first kappa shape index (κ1) is 17.5. The summed E-state index contributed by atoms with van der Waals surface area (Å²) in [6.07, 6.45) is 1.51. The van der Waals surface area contributed by atoms with Crippen molar-refractivity contribution >= 4 is 22.6 Å². The highest BCUT2D eigenvalue weighted by Crippen LogP contribution is 2.44. The summed E-state index contributed by atoms with van der Waals surface area (Å²) in [6, 6.07) is 5.39. The molecule has 4 aromatic rings. The Kier molecular flexibility index (Phi) is 3.58. The van der Waals surface area contributed by atoms with Gasteiger partial charge < -0.3 is 4.98 Å². The van der Waals surface area contributed by atoms with Crippen molar-refractivity contribution in [2.24, 2.45) is 7.05 Å². The van der Waals surface area contributed by atoms with Crippen LogP contribution < -0.4 is 4.90 Å². The maximum Gasteiger partial charge on any atom is 0.280 e. The van der Waals surface area contributed by atoms with Crippen LogP contribution in [0.4, 0.5) is 18.9 Å². The molecule has 1 amide bonds. The van der Waals surface area contributed by atoms with Gasteiger partial charge in [0.1, 0.15) is 5.82 Å². The van der Waals surface area contributed by atoms with Crippen LogP contribution in [0.3, 0.4) is 0 Å². The van der Waals surface area contributed by atoms with Gasteiger partial charge in [-0.05, 0) is 31.2 Å². The quantitative estimate of drug-likeness (QED) is 0.524. The molecule has 29 heavy (non-hydrogen) atoms. The van der Waals surface area contributed by atoms with Gasteiger partial charge in [-0.1, -0.05) is 0 Å². The van der Waals surface area contributed by atoms with Crippen molar-refractivity contribution in [1.29, 1.82) is 0 Å². The topological polar surface area (TPSA) is 66.8 Å². The molecule has 3 heterocycles. The van der Waals surface area contributed by atoms with E-state index >= 15 is 0 Å². The summed E-state index contributed by atoms with van der Waals surface area (Å²) in [5, 5.41) is 4.24. The average molecular weight is 397 g/mol. The average Bonchev–Trinajstić information content (AvgIpc) is 3.34. The predicted molar refractivity (Wildman–Crippen MR) is 99.0 cm³/mol. The first-order chi connectivity index (χ1) is 13.9. The second-order valence-corrected chi connectivity index (χ2v) is 6.94. The number of fused-ring (bicyclic) bond motifs is 2. The van der Waals surface area contributed by atoms with Gasteiger partial charge in [-0.3, -0.25) is 14.4 Å². The van der Waals surface area contributed by atoms with Gasteiger partial charge in [0.15, 0.2) is 17.3 Å². The molecule has 0 aliphatic carbocycles. The molecular weight excluding hydrogens is 383 g/mol. The van der Waals surface area contributed by atoms with E-state index in [-0.39, 0.29) is 11.3 Å². The lowest BCUT2D eigenvalue weighted by Crippen LogP contribution is -2.30. The molecule has 0 saturated heterocycles. The number of aryl methyl sites for hydroxylation is 1. The lowest BCUT2D eigenvalue weighted by atomic mass is 9.97. The van der Waals surface area contributed by atoms with Crippen molar-refractivity contribution in [1.82, 2.24) is 19.7 Å². The Hall–Kier alpha value is -3.62. The number of aromatic nitrogens is 4. The first-order valence-corrected chi connectivity index (χ1v) is 8.81. The van der Waals surface area contributed by atoms with Crippen molar-refractivity contribution < 1.29 is 18.0 Å². The van der Waals surface area contributed by atoms with Crippen LogP contribution in [0.5, 0.6) is 0 Å². The first-order valence-electron chi connectivity index (χ1n) is 8.81. The van der Waals surface area contributed by atoms with E-state index in [0.717, 1.165) is 11.6 Å². The van der Waals surface area contributed by atoms with Gasteiger partial charge in [0.05, 0.1) is 23.4 Å². The zero-order valence-electron chi connectivity index (χ0n) is 15.4. The number of aromatic amines is 1. The SMILES string of the molecule is Cc1c2c(nn1C)C(=O)N(c1ccc3[nH]cnc3c1)C2c1cc(F)cc(F)c1F. The summed E-state index contributed by atoms with van der Waals surface area (Å²) in [5.74, 6) is -3.92. The van der Waals surface area contributed by atoms with Crippen molar-refractivity contribution in [3.8, 4) is 0 Å². The molecule has 1 aliphatic heterocycles. The zero-order valence-corrected chi connectivity index (χ0v) is 15.4. The lowest BCUT2D eigenvalue weighted by molar-refractivity contribution is 0.0987. The lowest BCUT2D eigenvalue weighted by Gasteiger charge is -2.27. The van der Waals surface area contributed by atoms with Crippen LogP contribution in [0, 0.1) is 24.4 Å². The minimum atomic E-state index is -1.31. The summed E-state index contributed by atoms with van der Waals surface area (Å²) in [7, 11) is 1.65. The Morgan fingerprint density at radius 3 is 2.72 bits per heavy atom. The van der Waals surface area contributed by atoms with E-state index in [1.54, 1.807) is 32.2 Å². The van der Waals surface area contributed by atoms with Gasteiger partial charge in [0.2, 0.25) is 0 Å². The van der Waals surface area contributed by atoms with Crippen molar-refractivity contribution in [2.45, 2.75) is 13.0 Å². The molecule has 0 spiro atoms. The van der Waals surface area contributed by atoms with Gasteiger partial charge in [-0.2, -0.15) is 5.10 Å². The third kappa shape index (κ3) is 2.40. The molecule has 0 radical (unpaired) electrons. The van der Waals surface area contributed by atoms with Gasteiger partial charge >= 0.3 is 0 Å². The molecular formula is C20H14F3N5O. The monoisotopic (exact) mass is 397 g/mol. The molecule has 1 N–H and O–H groups in total. The van der Waals surface area contributed by atoms with Gasteiger partial charge in [0, 0.05) is 35.6 Å². The molecule has 6 nitrogen and oxygen atoms in total. The number of anilines is 1. The van der Waals surface area contributed by atoms with E-state index in [1.807, 2.05) is 0 Å². The van der Waals surface area contributed by atoms with Crippen molar-refractivity contribution in [3.63, 3.8) is 0 Å². The van der Waals surface area contributed by atoms with Crippen LogP contribution in [-0.2, 0) is 7.05 Å². The van der Waals surface area contributed by atoms with E-state index in [1.165, 1.54) is 15.9 Å². The molecule has 1 unspecified atom stereocenters. The highest BCUT2D eigenvalue weighted by Gasteiger charge is 2.44. The Labute approximate surface area is 162 Å². The maximum atomic E-state index is 14.8. The number of benzene rings is 2. The number of hydrogen-bond donors (Lipinski definition) is 1. The van der Waals surface area contributed by atoms with E-state index in [2.05, 4.69) is 15.1 Å². The summed E-state index contributed by atoms with van der Waals surface area (Å²) in [6.45, 7) is 1.72. The molecule has 146 valence electrons. The van der Waals surface area contributed by atoms with Gasteiger partial charge in [-0.25, -0.2) is 18.2 Å². The Morgan fingerprint density at radius 2 is 1.93 bits per heavy atom. The number of carbonyl (C=O) groups excluding carboxylic acids is 1. The minimum absolute atomic E-state index is 0.126. The Bertz CT molecular complexity index is 1310. The highest BCUT2D eigenvalue weighted by molar-refractivity contribution is 6.11. The van der Waals surface area contributed by atoms with E-state index in [9.17, 15) is 18.0 Å². The largest absolute Gasteiger partial charge is 0.345 e. The van der Waals surface area contributed by atoms with Crippen molar-refractivity contribution in [2.75, 3.05) is 4.90 Å². The van der Waals surface area contributed by atoms with E-state index in [0.29, 0.717) is 28.5 Å². The molecule has 2 aromatic carbocycles. The van der Waals surface area contributed by atoms with Gasteiger partial charge in [-0.15, -0.1) is 0 Å². The number of carbonyl (C=O) groups is 1. The zero-order chi connectivity index (χ0) is 20.4. The molecule has 0 bridgehead atoms. The number of nitrogens with zero attached hydrogens (tertiary/aromatic N) is 4. The molecule has 1 aliphatic rings. The molecule has 5 rings (SSSR count). The number of nitrogens with one attached hydrogen (secondary N) is 1. The van der Waals surface area contributed by atoms with Crippen LogP contribution >= 0.6 is 0 Å². The number of H-pyrrole nitrogens is 1. The molecule has 0 saturated carbocycles. The number of hydrogen-bond acceptors (Lipinski definition) is 3. The molecule has 2 aromatic heterocycles. The van der Waals surface area contributed by atoms with Crippen LogP contribution in [0.1, 0.15) is 33.4 Å². The molecule has 1 atom stereocenters. The standard InChI is InChI=1S/C20H14F3N5O/c1-9-16-18(26-27(9)2)20(29)28(11-3-4-14-15(7-11)25-8-24-14)19(16)12-5-10(21)6-13(22)17(12)23/h3-8,19H,1-2H3,(H,24,25). The number of rotatable bonds is 2. The fraction of sp³-hybridized carbons (Fsp3) is 0.150. The second-order valence-electron chi connectivity index (χ2n) is 6.94. The van der Waals surface area contributed by atoms with Crippen LogP contribution in [-0.4, -0.2) is 25.7 Å². The molecule has 9 heteroatoms. The van der Waals surface area contributed by atoms with Crippen LogP contribution in [0.25, 0.3) is 11.0 Å². The summed E-state index contributed by atoms with van der Waals surface area (Å²) in [4.78, 5) is 21.7. The Balaban J connectivity index is 1.78. The third-order valence-electron chi connectivity index (χ3n) is 5.33. The Morgan fingerprint density at radius 1 is 1.14 bits per heavy atom. The summed E-state index contributed by atoms with van der Waals surface area (Å²) >= 11 is 0. The fourth-order valence-electron chi connectivity index (χ4n) is 3.88. The number of halogens is 3. The highest BCUT2D eigenvalue weighted by atomic mass is 19.2. The van der Waals surface area contributed by atoms with Crippen LogP contribution in [0.15, 0.2) is 36.7 Å². The van der Waals surface area contributed by atoms with Gasteiger partial charge in [0.25, 0.3) is 5.91 Å². The van der Waals surface area contributed by atoms with E-state index < -0.39 is 29.4 Å².